The van der Waals surface area contributed by atoms with Crippen LogP contribution in [-0.2, 0) is 14.8 Å². The monoisotopic (exact) mass is 468 g/mol. The molecule has 0 aromatic heterocycles. The van der Waals surface area contributed by atoms with Crippen LogP contribution in [0.5, 0.6) is 17.2 Å². The highest BCUT2D eigenvalue weighted by molar-refractivity contribution is 7.92. The molecule has 172 valence electrons. The van der Waals surface area contributed by atoms with Crippen molar-refractivity contribution >= 4 is 27.3 Å². The van der Waals surface area contributed by atoms with E-state index in [0.29, 0.717) is 41.8 Å². The number of ether oxygens (including phenoxy) is 3. The number of hydrogen-bond acceptors (Lipinski definition) is 6. The molecule has 8 nitrogen and oxygen atoms in total. The summed E-state index contributed by atoms with van der Waals surface area (Å²) in [4.78, 5) is 12.5. The molecule has 1 atom stereocenters. The lowest BCUT2D eigenvalue weighted by Crippen LogP contribution is -2.30. The molecule has 1 heterocycles. The normalized spacial score (nSPS) is 13.6. The summed E-state index contributed by atoms with van der Waals surface area (Å²) in [5.74, 6) is 1.20. The van der Waals surface area contributed by atoms with Crippen molar-refractivity contribution in [3.05, 3.63) is 72.3 Å². The van der Waals surface area contributed by atoms with E-state index in [9.17, 15) is 13.2 Å². The molecule has 0 spiro atoms. The molecule has 33 heavy (non-hydrogen) atoms. The van der Waals surface area contributed by atoms with Crippen LogP contribution in [0.2, 0.25) is 0 Å². The Bertz CT molecular complexity index is 1260. The number of benzene rings is 3. The third-order valence-electron chi connectivity index (χ3n) is 4.90. The summed E-state index contributed by atoms with van der Waals surface area (Å²) in [6, 6.07) is 18.3. The van der Waals surface area contributed by atoms with E-state index in [4.69, 9.17) is 14.2 Å². The number of aryl methyl sites for hydroxylation is 1. The van der Waals surface area contributed by atoms with E-state index in [1.807, 2.05) is 25.1 Å². The maximum absolute atomic E-state index is 12.7. The largest absolute Gasteiger partial charge is 0.486 e. The molecule has 0 radical (unpaired) electrons. The molecule has 1 aliphatic heterocycles. The zero-order valence-corrected chi connectivity index (χ0v) is 19.0. The lowest BCUT2D eigenvalue weighted by molar-refractivity contribution is -0.122. The summed E-state index contributed by atoms with van der Waals surface area (Å²) in [5, 5.41) is 2.76. The molecule has 0 fully saturated rings. The van der Waals surface area contributed by atoms with Crippen LogP contribution in [-0.4, -0.2) is 33.6 Å². The van der Waals surface area contributed by atoms with Crippen LogP contribution in [0.1, 0.15) is 12.5 Å². The van der Waals surface area contributed by atoms with Gasteiger partial charge in [0, 0.05) is 17.4 Å². The van der Waals surface area contributed by atoms with Gasteiger partial charge in [-0.15, -0.1) is 0 Å². The molecule has 1 aliphatic rings. The fourth-order valence-corrected chi connectivity index (χ4v) is 4.29. The third-order valence-corrected chi connectivity index (χ3v) is 6.28. The van der Waals surface area contributed by atoms with Crippen LogP contribution >= 0.6 is 0 Å². The van der Waals surface area contributed by atoms with Crippen LogP contribution < -0.4 is 24.2 Å². The molecule has 1 amide bonds. The van der Waals surface area contributed by atoms with E-state index in [1.165, 1.54) is 12.1 Å². The number of amides is 1. The van der Waals surface area contributed by atoms with Gasteiger partial charge in [-0.05, 0) is 67.9 Å². The van der Waals surface area contributed by atoms with Gasteiger partial charge in [-0.1, -0.05) is 12.1 Å². The maximum Gasteiger partial charge on any atom is 0.265 e. The Hall–Kier alpha value is -3.72. The molecule has 0 aliphatic carbocycles. The molecular weight excluding hydrogens is 444 g/mol. The quantitative estimate of drug-likeness (QED) is 0.544. The van der Waals surface area contributed by atoms with Gasteiger partial charge >= 0.3 is 0 Å². The topological polar surface area (TPSA) is 103 Å². The SMILES string of the molecule is Cc1cccc(OC(C)C(=O)Nc2ccc(NS(=O)(=O)c3ccc4c(c3)OCCO4)cc2)c1. The van der Waals surface area contributed by atoms with Crippen molar-refractivity contribution in [2.24, 2.45) is 0 Å². The Labute approximate surface area is 192 Å². The number of anilines is 2. The predicted molar refractivity (Wildman–Crippen MR) is 125 cm³/mol. The first kappa shape index (κ1) is 22.5. The fourth-order valence-electron chi connectivity index (χ4n) is 3.22. The van der Waals surface area contributed by atoms with E-state index >= 15 is 0 Å². The Morgan fingerprint density at radius 2 is 1.64 bits per heavy atom. The lowest BCUT2D eigenvalue weighted by Gasteiger charge is -2.19. The van der Waals surface area contributed by atoms with Crippen molar-refractivity contribution in [1.29, 1.82) is 0 Å². The first-order valence-electron chi connectivity index (χ1n) is 10.4. The van der Waals surface area contributed by atoms with Crippen molar-refractivity contribution in [3.63, 3.8) is 0 Å². The van der Waals surface area contributed by atoms with E-state index in [0.717, 1.165) is 5.56 Å². The minimum Gasteiger partial charge on any atom is -0.486 e. The Morgan fingerprint density at radius 3 is 2.36 bits per heavy atom. The van der Waals surface area contributed by atoms with E-state index < -0.39 is 16.1 Å². The summed E-state index contributed by atoms with van der Waals surface area (Å²) >= 11 is 0. The van der Waals surface area contributed by atoms with Crippen LogP contribution in [0.15, 0.2) is 71.6 Å². The number of fused-ring (bicyclic) bond motifs is 1. The molecule has 3 aromatic rings. The summed E-state index contributed by atoms with van der Waals surface area (Å²) in [5.41, 5.74) is 1.91. The van der Waals surface area contributed by atoms with Gasteiger partial charge in [0.15, 0.2) is 17.6 Å². The van der Waals surface area contributed by atoms with Gasteiger partial charge in [0.25, 0.3) is 15.9 Å². The summed E-state index contributed by atoms with van der Waals surface area (Å²) in [6.45, 7) is 4.40. The zero-order valence-electron chi connectivity index (χ0n) is 18.2. The maximum atomic E-state index is 12.7. The van der Waals surface area contributed by atoms with Crippen molar-refractivity contribution < 1.29 is 27.4 Å². The molecule has 0 saturated carbocycles. The van der Waals surface area contributed by atoms with E-state index in [-0.39, 0.29) is 10.8 Å². The van der Waals surface area contributed by atoms with Crippen LogP contribution in [0.4, 0.5) is 11.4 Å². The molecule has 2 N–H and O–H groups in total. The molecule has 0 saturated heterocycles. The summed E-state index contributed by atoms with van der Waals surface area (Å²) in [7, 11) is -3.83. The third kappa shape index (κ3) is 5.56. The van der Waals surface area contributed by atoms with Gasteiger partial charge in [0.2, 0.25) is 0 Å². The fraction of sp³-hybridized carbons (Fsp3) is 0.208. The van der Waals surface area contributed by atoms with Crippen molar-refractivity contribution in [3.8, 4) is 17.2 Å². The second-order valence-corrected chi connectivity index (χ2v) is 9.24. The highest BCUT2D eigenvalue weighted by Gasteiger charge is 2.20. The number of hydrogen-bond donors (Lipinski definition) is 2. The summed E-state index contributed by atoms with van der Waals surface area (Å²) in [6.07, 6.45) is -0.708. The molecule has 3 aromatic carbocycles. The van der Waals surface area contributed by atoms with Gasteiger partial charge in [0.05, 0.1) is 4.90 Å². The molecule has 0 bridgehead atoms. The average Bonchev–Trinajstić information content (AvgIpc) is 2.80. The molecule has 1 unspecified atom stereocenters. The molecule has 4 rings (SSSR count). The minimum atomic E-state index is -3.83. The highest BCUT2D eigenvalue weighted by Crippen LogP contribution is 2.32. The number of nitrogens with one attached hydrogen (secondary N) is 2. The Kier molecular flexibility index (Phi) is 6.41. The first-order chi connectivity index (χ1) is 15.8. The lowest BCUT2D eigenvalue weighted by atomic mass is 10.2. The Balaban J connectivity index is 1.38. The minimum absolute atomic E-state index is 0.0613. The number of sulfonamides is 1. The Morgan fingerprint density at radius 1 is 0.939 bits per heavy atom. The standard InChI is InChI=1S/C24H24N2O6S/c1-16-4-3-5-20(14-16)32-17(2)24(27)25-18-6-8-19(9-7-18)26-33(28,29)21-10-11-22-23(15-21)31-13-12-30-22/h3-11,14-15,17,26H,12-13H2,1-2H3,(H,25,27). The van der Waals surface area contributed by atoms with Gasteiger partial charge in [0.1, 0.15) is 19.0 Å². The van der Waals surface area contributed by atoms with Gasteiger partial charge in [-0.3, -0.25) is 9.52 Å². The van der Waals surface area contributed by atoms with Crippen LogP contribution in [0.25, 0.3) is 0 Å². The second kappa shape index (κ2) is 9.41. The van der Waals surface area contributed by atoms with Crippen LogP contribution in [0, 0.1) is 6.92 Å². The second-order valence-electron chi connectivity index (χ2n) is 7.55. The average molecular weight is 469 g/mol. The molecule has 9 heteroatoms. The first-order valence-corrected chi connectivity index (χ1v) is 11.9. The van der Waals surface area contributed by atoms with Gasteiger partial charge in [-0.25, -0.2) is 8.42 Å². The number of rotatable bonds is 7. The highest BCUT2D eigenvalue weighted by atomic mass is 32.2. The number of carbonyl (C=O) groups is 1. The van der Waals surface area contributed by atoms with Gasteiger partial charge in [-0.2, -0.15) is 0 Å². The van der Waals surface area contributed by atoms with E-state index in [1.54, 1.807) is 43.3 Å². The van der Waals surface area contributed by atoms with Crippen LogP contribution in [0.3, 0.4) is 0 Å². The molecular formula is C24H24N2O6S. The van der Waals surface area contributed by atoms with Crippen molar-refractivity contribution in [1.82, 2.24) is 0 Å². The van der Waals surface area contributed by atoms with Gasteiger partial charge < -0.3 is 19.5 Å². The van der Waals surface area contributed by atoms with Crippen molar-refractivity contribution in [2.45, 2.75) is 24.8 Å². The smallest absolute Gasteiger partial charge is 0.265 e. The summed E-state index contributed by atoms with van der Waals surface area (Å²) < 4.78 is 44.6. The van der Waals surface area contributed by atoms with Crippen molar-refractivity contribution in [2.75, 3.05) is 23.3 Å². The predicted octanol–water partition coefficient (Wildman–Crippen LogP) is 3.97. The number of carbonyl (C=O) groups excluding carboxylic acids is 1. The van der Waals surface area contributed by atoms with E-state index in [2.05, 4.69) is 10.0 Å². The zero-order chi connectivity index (χ0) is 23.4.